The third-order valence-electron chi connectivity index (χ3n) is 5.23. The molecule has 0 aromatic heterocycles. The van der Waals surface area contributed by atoms with Crippen LogP contribution in [0.3, 0.4) is 0 Å². The van der Waals surface area contributed by atoms with E-state index in [9.17, 15) is 9.90 Å². The smallest absolute Gasteiger partial charge is 0.234 e. The molecule has 2 aliphatic rings. The number of carbonyl (C=O) groups is 1. The van der Waals surface area contributed by atoms with Crippen LogP contribution in [0.25, 0.3) is 0 Å². The van der Waals surface area contributed by atoms with E-state index in [2.05, 4.69) is 39.4 Å². The molecule has 1 aromatic rings. The minimum atomic E-state index is -0.663. The summed E-state index contributed by atoms with van der Waals surface area (Å²) in [4.78, 5) is 16.7. The maximum Gasteiger partial charge on any atom is 0.234 e. The third kappa shape index (κ3) is 5.03. The van der Waals surface area contributed by atoms with E-state index in [-0.39, 0.29) is 5.91 Å². The number of hydrogen-bond acceptors (Lipinski definition) is 4. The SMILES string of the molecule is O=C(CN1CCN(Cc2ccccc2)CC1)NCC1(O)CCCC1. The zero-order chi connectivity index (χ0) is 16.8. The van der Waals surface area contributed by atoms with Gasteiger partial charge in [-0.3, -0.25) is 14.6 Å². The third-order valence-corrected chi connectivity index (χ3v) is 5.23. The van der Waals surface area contributed by atoms with Gasteiger partial charge in [-0.25, -0.2) is 0 Å². The molecular formula is C19H29N3O2. The average molecular weight is 331 g/mol. The minimum Gasteiger partial charge on any atom is -0.388 e. The van der Waals surface area contributed by atoms with E-state index in [4.69, 9.17) is 0 Å². The summed E-state index contributed by atoms with van der Waals surface area (Å²) in [6.45, 7) is 5.65. The van der Waals surface area contributed by atoms with Crippen molar-refractivity contribution in [3.8, 4) is 0 Å². The summed E-state index contributed by atoms with van der Waals surface area (Å²) >= 11 is 0. The van der Waals surface area contributed by atoms with Crippen LogP contribution in [0.4, 0.5) is 0 Å². The van der Waals surface area contributed by atoms with Crippen LogP contribution in [0.1, 0.15) is 31.2 Å². The van der Waals surface area contributed by atoms with Gasteiger partial charge in [-0.1, -0.05) is 43.2 Å². The molecule has 1 aliphatic carbocycles. The number of aliphatic hydroxyl groups is 1. The molecule has 1 heterocycles. The number of amides is 1. The van der Waals surface area contributed by atoms with Gasteiger partial charge in [0.15, 0.2) is 0 Å². The lowest BCUT2D eigenvalue weighted by molar-refractivity contribution is -0.123. The predicted molar refractivity (Wildman–Crippen MR) is 94.6 cm³/mol. The zero-order valence-electron chi connectivity index (χ0n) is 14.4. The van der Waals surface area contributed by atoms with Gasteiger partial charge in [0.25, 0.3) is 0 Å². The number of rotatable bonds is 6. The maximum atomic E-state index is 12.1. The molecule has 1 aliphatic heterocycles. The Morgan fingerprint density at radius 1 is 1.04 bits per heavy atom. The number of piperazine rings is 1. The Bertz CT molecular complexity index is 521. The van der Waals surface area contributed by atoms with Crippen molar-refractivity contribution in [2.45, 2.75) is 37.8 Å². The Kier molecular flexibility index (Phi) is 5.87. The normalized spacial score (nSPS) is 21.7. The van der Waals surface area contributed by atoms with E-state index in [0.29, 0.717) is 13.1 Å². The summed E-state index contributed by atoms with van der Waals surface area (Å²) in [5.74, 6) is 0.0341. The van der Waals surface area contributed by atoms with Gasteiger partial charge in [-0.15, -0.1) is 0 Å². The van der Waals surface area contributed by atoms with Gasteiger partial charge in [0.05, 0.1) is 12.1 Å². The van der Waals surface area contributed by atoms with Crippen molar-refractivity contribution in [2.24, 2.45) is 0 Å². The largest absolute Gasteiger partial charge is 0.388 e. The first-order valence-corrected chi connectivity index (χ1v) is 9.11. The highest BCUT2D eigenvalue weighted by molar-refractivity contribution is 5.78. The second kappa shape index (κ2) is 8.10. The van der Waals surface area contributed by atoms with Crippen LogP contribution in [0.2, 0.25) is 0 Å². The Hall–Kier alpha value is -1.43. The number of benzene rings is 1. The molecular weight excluding hydrogens is 302 g/mol. The fraction of sp³-hybridized carbons (Fsp3) is 0.632. The van der Waals surface area contributed by atoms with E-state index >= 15 is 0 Å². The summed E-state index contributed by atoms with van der Waals surface area (Å²) in [5, 5.41) is 13.2. The van der Waals surface area contributed by atoms with Gasteiger partial charge in [-0.05, 0) is 18.4 Å². The quantitative estimate of drug-likeness (QED) is 0.823. The molecule has 1 saturated carbocycles. The van der Waals surface area contributed by atoms with Gasteiger partial charge < -0.3 is 10.4 Å². The second-order valence-electron chi connectivity index (χ2n) is 7.25. The first-order chi connectivity index (χ1) is 11.6. The predicted octanol–water partition coefficient (Wildman–Crippen LogP) is 1.23. The molecule has 132 valence electrons. The van der Waals surface area contributed by atoms with E-state index in [1.807, 2.05) is 6.07 Å². The zero-order valence-corrected chi connectivity index (χ0v) is 14.4. The summed E-state index contributed by atoms with van der Waals surface area (Å²) < 4.78 is 0. The van der Waals surface area contributed by atoms with Crippen molar-refractivity contribution in [3.63, 3.8) is 0 Å². The molecule has 0 radical (unpaired) electrons. The maximum absolute atomic E-state index is 12.1. The van der Waals surface area contributed by atoms with Crippen LogP contribution in [0, 0.1) is 0 Å². The van der Waals surface area contributed by atoms with Crippen molar-refractivity contribution < 1.29 is 9.90 Å². The molecule has 0 unspecified atom stereocenters. The van der Waals surface area contributed by atoms with Crippen molar-refractivity contribution in [1.29, 1.82) is 0 Å². The molecule has 1 amide bonds. The van der Waals surface area contributed by atoms with E-state index < -0.39 is 5.60 Å². The van der Waals surface area contributed by atoms with Crippen molar-refractivity contribution in [3.05, 3.63) is 35.9 Å². The van der Waals surface area contributed by atoms with Gasteiger partial charge in [-0.2, -0.15) is 0 Å². The molecule has 0 bridgehead atoms. The molecule has 2 N–H and O–H groups in total. The molecule has 0 spiro atoms. The molecule has 5 heteroatoms. The lowest BCUT2D eigenvalue weighted by atomic mass is 10.0. The van der Waals surface area contributed by atoms with E-state index in [1.54, 1.807) is 0 Å². The first-order valence-electron chi connectivity index (χ1n) is 9.11. The molecule has 5 nitrogen and oxygen atoms in total. The topological polar surface area (TPSA) is 55.8 Å². The van der Waals surface area contributed by atoms with Crippen LogP contribution in [-0.2, 0) is 11.3 Å². The molecule has 1 aromatic carbocycles. The summed E-state index contributed by atoms with van der Waals surface area (Å²) in [7, 11) is 0. The van der Waals surface area contributed by atoms with Crippen LogP contribution in [0.5, 0.6) is 0 Å². The molecule has 24 heavy (non-hydrogen) atoms. The van der Waals surface area contributed by atoms with E-state index in [1.165, 1.54) is 5.56 Å². The first kappa shape index (κ1) is 17.4. The number of hydrogen-bond donors (Lipinski definition) is 2. The average Bonchev–Trinajstić information content (AvgIpc) is 3.03. The Morgan fingerprint density at radius 2 is 1.67 bits per heavy atom. The fourth-order valence-electron chi connectivity index (χ4n) is 3.68. The van der Waals surface area contributed by atoms with Crippen molar-refractivity contribution in [1.82, 2.24) is 15.1 Å². The van der Waals surface area contributed by atoms with Gasteiger partial charge >= 0.3 is 0 Å². The van der Waals surface area contributed by atoms with E-state index in [0.717, 1.165) is 58.4 Å². The van der Waals surface area contributed by atoms with Crippen molar-refractivity contribution >= 4 is 5.91 Å². The Labute approximate surface area is 144 Å². The Balaban J connectivity index is 1.35. The minimum absolute atomic E-state index is 0.0341. The number of nitrogens with one attached hydrogen (secondary N) is 1. The van der Waals surface area contributed by atoms with Crippen LogP contribution < -0.4 is 5.32 Å². The molecule has 2 fully saturated rings. The lowest BCUT2D eigenvalue weighted by Crippen LogP contribution is -2.50. The van der Waals surface area contributed by atoms with Gasteiger partial charge in [0, 0.05) is 39.3 Å². The monoisotopic (exact) mass is 331 g/mol. The lowest BCUT2D eigenvalue weighted by Gasteiger charge is -2.34. The fourth-order valence-corrected chi connectivity index (χ4v) is 3.68. The van der Waals surface area contributed by atoms with Crippen LogP contribution in [0.15, 0.2) is 30.3 Å². The van der Waals surface area contributed by atoms with Crippen LogP contribution in [-0.4, -0.2) is 65.7 Å². The highest BCUT2D eigenvalue weighted by Gasteiger charge is 2.31. The summed E-state index contributed by atoms with van der Waals surface area (Å²) in [6, 6.07) is 10.5. The second-order valence-corrected chi connectivity index (χ2v) is 7.25. The molecule has 3 rings (SSSR count). The molecule has 0 atom stereocenters. The summed E-state index contributed by atoms with van der Waals surface area (Å²) in [5.41, 5.74) is 0.679. The highest BCUT2D eigenvalue weighted by atomic mass is 16.3. The standard InChI is InChI=1S/C19H29N3O2/c23-18(20-16-19(24)8-4-5-9-19)15-22-12-10-21(11-13-22)14-17-6-2-1-3-7-17/h1-3,6-7,24H,4-5,8-16H2,(H,20,23). The van der Waals surface area contributed by atoms with Gasteiger partial charge in [0.2, 0.25) is 5.91 Å². The molecule has 1 saturated heterocycles. The Morgan fingerprint density at radius 3 is 2.33 bits per heavy atom. The number of carbonyl (C=O) groups excluding carboxylic acids is 1. The highest BCUT2D eigenvalue weighted by Crippen LogP contribution is 2.28. The van der Waals surface area contributed by atoms with Gasteiger partial charge in [0.1, 0.15) is 0 Å². The van der Waals surface area contributed by atoms with Crippen molar-refractivity contribution in [2.75, 3.05) is 39.3 Å². The number of nitrogens with zero attached hydrogens (tertiary/aromatic N) is 2. The van der Waals surface area contributed by atoms with Crippen LogP contribution >= 0.6 is 0 Å². The summed E-state index contributed by atoms with van der Waals surface area (Å²) in [6.07, 6.45) is 3.75.